The van der Waals surface area contributed by atoms with Gasteiger partial charge < -0.3 is 33.7 Å². The van der Waals surface area contributed by atoms with Crippen LogP contribution in [0, 0.1) is 11.8 Å². The van der Waals surface area contributed by atoms with Gasteiger partial charge in [-0.25, -0.2) is 4.79 Å². The summed E-state index contributed by atoms with van der Waals surface area (Å²) in [6.45, 7) is 9.36. The fourth-order valence-corrected chi connectivity index (χ4v) is 6.46. The number of nitrogens with zero attached hydrogens (tertiary/aromatic N) is 1. The molecule has 2 saturated heterocycles. The van der Waals surface area contributed by atoms with Gasteiger partial charge in [0.05, 0.1) is 25.3 Å². The molecule has 1 aromatic rings. The number of anilines is 1. The number of hydrogen-bond donors (Lipinski definition) is 2. The van der Waals surface area contributed by atoms with Gasteiger partial charge in [-0.05, 0) is 43.9 Å². The number of rotatable bonds is 5. The van der Waals surface area contributed by atoms with Gasteiger partial charge >= 0.3 is 12.1 Å². The number of halogens is 1. The number of esters is 1. The number of ether oxygens (including phenoxy) is 5. The van der Waals surface area contributed by atoms with Crippen LogP contribution in [-0.2, 0) is 35.0 Å². The first-order chi connectivity index (χ1) is 21.1. The second kappa shape index (κ2) is 13.7. The summed E-state index contributed by atoms with van der Waals surface area (Å²) in [6.07, 6.45) is 1.84. The largest absolute Gasteiger partial charge is 0.495 e. The molecule has 3 heterocycles. The van der Waals surface area contributed by atoms with Gasteiger partial charge in [0.1, 0.15) is 34.7 Å². The number of alkyl carbamates (subject to hydrolysis) is 1. The first kappa shape index (κ1) is 34.7. The van der Waals surface area contributed by atoms with Crippen molar-refractivity contribution in [1.29, 1.82) is 0 Å². The van der Waals surface area contributed by atoms with E-state index in [1.165, 1.54) is 19.1 Å². The first-order valence-corrected chi connectivity index (χ1v) is 15.6. The minimum atomic E-state index is -1.77. The highest BCUT2D eigenvalue weighted by molar-refractivity contribution is 6.35. The Kier molecular flexibility index (Phi) is 10.6. The Hall–Kier alpha value is -3.12. The zero-order valence-electron chi connectivity index (χ0n) is 27.2. The summed E-state index contributed by atoms with van der Waals surface area (Å²) in [5.74, 6) is -0.779. The fourth-order valence-electron chi connectivity index (χ4n) is 6.15. The lowest BCUT2D eigenvalue weighted by molar-refractivity contribution is -0.154. The molecule has 1 aromatic carbocycles. The van der Waals surface area contributed by atoms with Crippen LogP contribution in [0.4, 0.5) is 10.5 Å². The van der Waals surface area contributed by atoms with E-state index in [0.29, 0.717) is 17.9 Å². The topological polar surface area (TPSA) is 136 Å². The second-order valence-corrected chi connectivity index (χ2v) is 13.3. The summed E-state index contributed by atoms with van der Waals surface area (Å²) < 4.78 is 28.9. The molecule has 248 valence electrons. The molecule has 12 heteroatoms. The minimum Gasteiger partial charge on any atom is -0.495 e. The van der Waals surface area contributed by atoms with Crippen LogP contribution in [0.3, 0.4) is 0 Å². The molecule has 45 heavy (non-hydrogen) atoms. The minimum absolute atomic E-state index is 0.00495. The smallest absolute Gasteiger partial charge is 0.409 e. The Morgan fingerprint density at radius 1 is 1.27 bits per heavy atom. The second-order valence-electron chi connectivity index (χ2n) is 12.9. The zero-order valence-corrected chi connectivity index (χ0v) is 28.0. The molecule has 0 saturated carbocycles. The third-order valence-electron chi connectivity index (χ3n) is 8.80. The lowest BCUT2D eigenvalue weighted by Crippen LogP contribution is -2.63. The number of amides is 2. The fraction of sp³-hybridized carbons (Fsp3) is 0.606. The van der Waals surface area contributed by atoms with E-state index in [1.54, 1.807) is 26.1 Å². The van der Waals surface area contributed by atoms with E-state index in [9.17, 15) is 19.5 Å². The van der Waals surface area contributed by atoms with Gasteiger partial charge in [0, 0.05) is 32.9 Å². The van der Waals surface area contributed by atoms with Crippen LogP contribution in [0.2, 0.25) is 5.02 Å². The maximum Gasteiger partial charge on any atom is 0.409 e. The predicted molar refractivity (Wildman–Crippen MR) is 168 cm³/mol. The lowest BCUT2D eigenvalue weighted by atomic mass is 9.83. The molecule has 4 bridgehead atoms. The number of benzene rings is 1. The van der Waals surface area contributed by atoms with E-state index in [1.807, 2.05) is 45.9 Å². The highest BCUT2D eigenvalue weighted by Crippen LogP contribution is 2.49. The molecule has 2 amide bonds. The van der Waals surface area contributed by atoms with E-state index >= 15 is 0 Å². The average Bonchev–Trinajstić information content (AvgIpc) is 3.65. The number of nitrogens with one attached hydrogen (secondary N) is 1. The Morgan fingerprint density at radius 3 is 2.62 bits per heavy atom. The van der Waals surface area contributed by atoms with Gasteiger partial charge in [0.25, 0.3) is 0 Å². The molecule has 0 unspecified atom stereocenters. The van der Waals surface area contributed by atoms with Crippen LogP contribution >= 0.6 is 11.6 Å². The quantitative estimate of drug-likeness (QED) is 0.344. The predicted octanol–water partition coefficient (Wildman–Crippen LogP) is 4.71. The summed E-state index contributed by atoms with van der Waals surface area (Å²) in [7, 11) is 4.57. The summed E-state index contributed by atoms with van der Waals surface area (Å²) in [6, 6.07) is 3.64. The van der Waals surface area contributed by atoms with Crippen molar-refractivity contribution in [3.8, 4) is 5.75 Å². The van der Waals surface area contributed by atoms with Crippen molar-refractivity contribution in [2.24, 2.45) is 11.8 Å². The summed E-state index contributed by atoms with van der Waals surface area (Å²) in [5, 5.41) is 14.4. The van der Waals surface area contributed by atoms with Crippen LogP contribution < -0.4 is 15.0 Å². The first-order valence-electron chi connectivity index (χ1n) is 15.2. The van der Waals surface area contributed by atoms with Crippen molar-refractivity contribution < 1.29 is 43.2 Å². The molecule has 2 N–H and O–H groups in total. The third-order valence-corrected chi connectivity index (χ3v) is 9.18. The number of methoxy groups -OCH3 is 2. The number of epoxide rings is 1. The Morgan fingerprint density at radius 2 is 1.98 bits per heavy atom. The van der Waals surface area contributed by atoms with Gasteiger partial charge in [-0.3, -0.25) is 14.9 Å². The van der Waals surface area contributed by atoms with Crippen LogP contribution in [0.15, 0.2) is 35.9 Å². The van der Waals surface area contributed by atoms with Crippen molar-refractivity contribution in [2.75, 3.05) is 26.2 Å². The van der Waals surface area contributed by atoms with Gasteiger partial charge in [0.15, 0.2) is 5.72 Å². The maximum atomic E-state index is 13.8. The van der Waals surface area contributed by atoms with Crippen LogP contribution in [0.25, 0.3) is 0 Å². The highest BCUT2D eigenvalue weighted by atomic mass is 35.5. The van der Waals surface area contributed by atoms with Crippen molar-refractivity contribution in [2.45, 2.75) is 96.0 Å². The van der Waals surface area contributed by atoms with E-state index < -0.39 is 53.7 Å². The number of hydrogen-bond acceptors (Lipinski definition) is 9. The summed E-state index contributed by atoms with van der Waals surface area (Å²) in [4.78, 5) is 40.9. The Labute approximate surface area is 269 Å². The zero-order chi connectivity index (χ0) is 33.3. The third kappa shape index (κ3) is 7.65. The monoisotopic (exact) mass is 648 g/mol. The Balaban J connectivity index is 1.79. The molecule has 4 rings (SSSR count). The van der Waals surface area contributed by atoms with Crippen LogP contribution in [-0.4, -0.2) is 80.1 Å². The molecule has 0 aromatic heterocycles. The number of allylic oxidation sites excluding steroid dienone is 3. The molecule has 3 aliphatic heterocycles. The molecule has 3 aliphatic rings. The molecule has 0 aliphatic carbocycles. The number of aliphatic hydroxyl groups is 1. The average molecular weight is 649 g/mol. The van der Waals surface area contributed by atoms with E-state index in [-0.39, 0.29) is 36.1 Å². The van der Waals surface area contributed by atoms with E-state index in [2.05, 4.69) is 5.32 Å². The van der Waals surface area contributed by atoms with Crippen molar-refractivity contribution in [1.82, 2.24) is 5.32 Å². The van der Waals surface area contributed by atoms with Gasteiger partial charge in [-0.15, -0.1) is 0 Å². The molecular weight excluding hydrogens is 604 g/mol. The standard InChI is InChI=1S/C33H45ClN2O9/c1-18(2)12-28(38)44-26-16-27(37)36(6)22-14-21(15-23(41-7)29(22)34)13-19(3)10-9-11-25(42-8)33(40)17-24(43-31(39)35-33)20(4)30-32(26,5)45-30/h9-11,14-15,18,20,24-26,30,40H,12-13,16-17H2,1-8H3,(H,35,39)/b11-9+,19-10+/t20-,24-,25+,26-,30-,32+,33-/m0/s1. The van der Waals surface area contributed by atoms with E-state index in [4.69, 9.17) is 35.3 Å². The molecule has 11 nitrogen and oxygen atoms in total. The molecule has 7 atom stereocenters. The summed E-state index contributed by atoms with van der Waals surface area (Å²) in [5.41, 5.74) is -0.578. The van der Waals surface area contributed by atoms with Gasteiger partial charge in [-0.2, -0.15) is 0 Å². The Bertz CT molecular complexity index is 1360. The summed E-state index contributed by atoms with van der Waals surface area (Å²) >= 11 is 6.70. The molecule has 0 spiro atoms. The highest BCUT2D eigenvalue weighted by Gasteiger charge is 2.64. The van der Waals surface area contributed by atoms with Crippen molar-refractivity contribution >= 4 is 35.3 Å². The normalized spacial score (nSPS) is 34.2. The van der Waals surface area contributed by atoms with Crippen LogP contribution in [0.1, 0.15) is 59.4 Å². The molecule has 0 radical (unpaired) electrons. The SMILES string of the molecule is COc1cc2cc(c1Cl)N(C)C(=O)C[C@H](OC(=O)CC(C)C)[C@@]1(C)O[C@H]1[C@@H](C)[C@@H]1C[C@@](O)(NC(=O)O1)[C@H](OC)/C=C/C=C(\C)C2. The lowest BCUT2D eigenvalue weighted by Gasteiger charge is -2.42. The van der Waals surface area contributed by atoms with E-state index in [0.717, 1.165) is 11.1 Å². The molecular formula is C33H45ClN2O9. The van der Waals surface area contributed by atoms with Crippen LogP contribution in [0.5, 0.6) is 5.75 Å². The number of carbonyl (C=O) groups excluding carboxylic acids is 3. The number of fused-ring (bicyclic) bond motifs is 5. The van der Waals surface area contributed by atoms with Crippen molar-refractivity contribution in [3.63, 3.8) is 0 Å². The van der Waals surface area contributed by atoms with Crippen molar-refractivity contribution in [3.05, 3.63) is 46.5 Å². The van der Waals surface area contributed by atoms with Gasteiger partial charge in [0.2, 0.25) is 5.91 Å². The number of carbonyl (C=O) groups is 3. The van der Waals surface area contributed by atoms with Gasteiger partial charge in [-0.1, -0.05) is 56.2 Å². The maximum absolute atomic E-state index is 13.8. The molecule has 2 fully saturated rings.